The largest absolute Gasteiger partial charge is 0.508 e. The van der Waals surface area contributed by atoms with Crippen LogP contribution in [0.15, 0.2) is 0 Å². The molecule has 32 heavy (non-hydrogen) atoms. The molecule has 0 radical (unpaired) electrons. The summed E-state index contributed by atoms with van der Waals surface area (Å²) < 4.78 is 9.91. The molecule has 0 aromatic rings. The summed E-state index contributed by atoms with van der Waals surface area (Å²) in [7, 11) is 0. The molecule has 0 aliphatic rings. The first kappa shape index (κ1) is 31.3. The molecule has 0 amide bonds. The number of carbonyl (C=O) groups excluding carboxylic acids is 1. The van der Waals surface area contributed by atoms with E-state index in [0.29, 0.717) is 13.2 Å². The van der Waals surface area contributed by atoms with Gasteiger partial charge in [0.25, 0.3) is 0 Å². The molecule has 0 atom stereocenters. The lowest BCUT2D eigenvalue weighted by atomic mass is 10.0. The monoisotopic (exact) mass is 454 g/mol. The number of hydrogen-bond donors (Lipinski definition) is 0. The van der Waals surface area contributed by atoms with Crippen LogP contribution < -0.4 is 0 Å². The van der Waals surface area contributed by atoms with Gasteiger partial charge in [-0.15, -0.1) is 0 Å². The van der Waals surface area contributed by atoms with Crippen LogP contribution in [-0.4, -0.2) is 19.4 Å². The lowest BCUT2D eigenvalue weighted by Crippen LogP contribution is -2.08. The van der Waals surface area contributed by atoms with E-state index < -0.39 is 6.16 Å². The molecule has 0 saturated carbocycles. The molecule has 0 bridgehead atoms. The standard InChI is InChI=1S/C29H58O3/c1-3-5-6-7-8-9-10-11-12-13-14-15-16-17-18-19-20-21-22-23-24-25-26-28-32-29(30)31-27-4-2/h3-28H2,1-2H3. The minimum absolute atomic E-state index is 0.457. The number of unbranched alkanes of at least 4 members (excludes halogenated alkanes) is 22. The normalized spacial score (nSPS) is 11.1. The van der Waals surface area contributed by atoms with E-state index in [1.807, 2.05) is 6.92 Å². The first-order chi connectivity index (χ1) is 15.8. The van der Waals surface area contributed by atoms with Crippen LogP contribution in [0.3, 0.4) is 0 Å². The van der Waals surface area contributed by atoms with Crippen LogP contribution in [0.25, 0.3) is 0 Å². The van der Waals surface area contributed by atoms with Crippen LogP contribution in [-0.2, 0) is 9.47 Å². The first-order valence-corrected chi connectivity index (χ1v) is 14.6. The lowest BCUT2D eigenvalue weighted by Gasteiger charge is -2.05. The van der Waals surface area contributed by atoms with Crippen molar-refractivity contribution in [3.05, 3.63) is 0 Å². The molecule has 0 aliphatic heterocycles. The summed E-state index contributed by atoms with van der Waals surface area (Å²) in [5.41, 5.74) is 0. The zero-order valence-electron chi connectivity index (χ0n) is 22.1. The summed E-state index contributed by atoms with van der Waals surface area (Å²) in [6.45, 7) is 5.23. The van der Waals surface area contributed by atoms with Gasteiger partial charge in [0.1, 0.15) is 0 Å². The molecule has 0 saturated heterocycles. The molecule has 0 rings (SSSR count). The van der Waals surface area contributed by atoms with Crippen molar-refractivity contribution < 1.29 is 14.3 Å². The second-order valence-corrected chi connectivity index (χ2v) is 9.73. The molecule has 0 unspecified atom stereocenters. The van der Waals surface area contributed by atoms with E-state index in [-0.39, 0.29) is 0 Å². The fourth-order valence-electron chi connectivity index (χ4n) is 4.27. The molecule has 0 fully saturated rings. The van der Waals surface area contributed by atoms with Crippen molar-refractivity contribution in [3.8, 4) is 0 Å². The quantitative estimate of drug-likeness (QED) is 0.0962. The van der Waals surface area contributed by atoms with Gasteiger partial charge in [-0.1, -0.05) is 155 Å². The molecular weight excluding hydrogens is 396 g/mol. The highest BCUT2D eigenvalue weighted by atomic mass is 16.7. The maximum absolute atomic E-state index is 11.2. The van der Waals surface area contributed by atoms with Crippen molar-refractivity contribution in [1.29, 1.82) is 0 Å². The highest BCUT2D eigenvalue weighted by Crippen LogP contribution is 2.15. The van der Waals surface area contributed by atoms with Gasteiger partial charge in [0.15, 0.2) is 0 Å². The van der Waals surface area contributed by atoms with E-state index in [2.05, 4.69) is 6.92 Å². The van der Waals surface area contributed by atoms with Gasteiger partial charge in [-0.2, -0.15) is 0 Å². The molecular formula is C29H58O3. The Morgan fingerprint density at radius 1 is 0.375 bits per heavy atom. The van der Waals surface area contributed by atoms with Gasteiger partial charge in [-0.3, -0.25) is 0 Å². The summed E-state index contributed by atoms with van der Waals surface area (Å²) >= 11 is 0. The molecule has 0 aromatic heterocycles. The van der Waals surface area contributed by atoms with Crippen LogP contribution in [0, 0.1) is 0 Å². The Balaban J connectivity index is 3.04. The van der Waals surface area contributed by atoms with Gasteiger partial charge < -0.3 is 9.47 Å². The van der Waals surface area contributed by atoms with Crippen molar-refractivity contribution in [2.45, 2.75) is 168 Å². The smallest absolute Gasteiger partial charge is 0.434 e. The second-order valence-electron chi connectivity index (χ2n) is 9.73. The SMILES string of the molecule is CCCCCCCCCCCCCCCCCCCCCCCCCOC(=O)OCCC. The summed E-state index contributed by atoms with van der Waals surface area (Å²) in [5.74, 6) is 0. The highest BCUT2D eigenvalue weighted by Gasteiger charge is 2.01. The molecule has 0 spiro atoms. The number of rotatable bonds is 26. The first-order valence-electron chi connectivity index (χ1n) is 14.6. The number of ether oxygens (including phenoxy) is 2. The number of hydrogen-bond acceptors (Lipinski definition) is 3. The summed E-state index contributed by atoms with van der Waals surface area (Å²) in [5, 5.41) is 0. The minimum Gasteiger partial charge on any atom is -0.434 e. The van der Waals surface area contributed by atoms with Crippen molar-refractivity contribution in [2.75, 3.05) is 13.2 Å². The highest BCUT2D eigenvalue weighted by molar-refractivity contribution is 5.59. The molecule has 0 aromatic carbocycles. The van der Waals surface area contributed by atoms with E-state index in [1.165, 1.54) is 135 Å². The predicted molar refractivity (Wildman–Crippen MR) is 139 cm³/mol. The Kier molecular flexibility index (Phi) is 27.7. The average Bonchev–Trinajstić information content (AvgIpc) is 2.80. The number of carbonyl (C=O) groups is 1. The third kappa shape index (κ3) is 27.3. The Morgan fingerprint density at radius 3 is 0.969 bits per heavy atom. The summed E-state index contributed by atoms with van der Waals surface area (Å²) in [6.07, 6.45) is 32.3. The summed E-state index contributed by atoms with van der Waals surface area (Å²) in [4.78, 5) is 11.2. The molecule has 0 N–H and O–H groups in total. The van der Waals surface area contributed by atoms with Crippen LogP contribution in [0.1, 0.15) is 168 Å². The average molecular weight is 455 g/mol. The topological polar surface area (TPSA) is 35.5 Å². The van der Waals surface area contributed by atoms with Gasteiger partial charge >= 0.3 is 6.16 Å². The lowest BCUT2D eigenvalue weighted by molar-refractivity contribution is 0.0541. The van der Waals surface area contributed by atoms with Crippen LogP contribution in [0.5, 0.6) is 0 Å². The predicted octanol–water partition coefficient (Wildman–Crippen LogP) is 10.5. The van der Waals surface area contributed by atoms with Crippen LogP contribution >= 0.6 is 0 Å². The Labute approximate surface area is 201 Å². The van der Waals surface area contributed by atoms with E-state index >= 15 is 0 Å². The van der Waals surface area contributed by atoms with E-state index in [9.17, 15) is 4.79 Å². The van der Waals surface area contributed by atoms with Gasteiger partial charge in [-0.05, 0) is 12.8 Å². The zero-order chi connectivity index (χ0) is 23.4. The van der Waals surface area contributed by atoms with Gasteiger partial charge in [0.05, 0.1) is 13.2 Å². The van der Waals surface area contributed by atoms with E-state index in [4.69, 9.17) is 9.47 Å². The fourth-order valence-corrected chi connectivity index (χ4v) is 4.27. The van der Waals surface area contributed by atoms with Gasteiger partial charge in [0.2, 0.25) is 0 Å². The van der Waals surface area contributed by atoms with Gasteiger partial charge in [-0.25, -0.2) is 4.79 Å². The third-order valence-electron chi connectivity index (χ3n) is 6.39. The second kappa shape index (κ2) is 28.3. The maximum atomic E-state index is 11.2. The van der Waals surface area contributed by atoms with Crippen molar-refractivity contribution in [1.82, 2.24) is 0 Å². The van der Waals surface area contributed by atoms with Gasteiger partial charge in [0, 0.05) is 0 Å². The fraction of sp³-hybridized carbons (Fsp3) is 0.966. The minimum atomic E-state index is -0.509. The Hall–Kier alpha value is -0.730. The maximum Gasteiger partial charge on any atom is 0.508 e. The van der Waals surface area contributed by atoms with E-state index in [0.717, 1.165) is 19.3 Å². The molecule has 0 aliphatic carbocycles. The Morgan fingerprint density at radius 2 is 0.656 bits per heavy atom. The molecule has 192 valence electrons. The van der Waals surface area contributed by atoms with Crippen molar-refractivity contribution in [3.63, 3.8) is 0 Å². The van der Waals surface area contributed by atoms with Crippen LogP contribution in [0.2, 0.25) is 0 Å². The summed E-state index contributed by atoms with van der Waals surface area (Å²) in [6, 6.07) is 0. The Bertz CT molecular complexity index is 356. The third-order valence-corrected chi connectivity index (χ3v) is 6.39. The molecule has 0 heterocycles. The molecule has 3 nitrogen and oxygen atoms in total. The zero-order valence-corrected chi connectivity index (χ0v) is 22.1. The van der Waals surface area contributed by atoms with Crippen molar-refractivity contribution >= 4 is 6.16 Å². The van der Waals surface area contributed by atoms with E-state index in [1.54, 1.807) is 0 Å². The van der Waals surface area contributed by atoms with Crippen molar-refractivity contribution in [2.24, 2.45) is 0 Å². The molecule has 3 heteroatoms. The van der Waals surface area contributed by atoms with Crippen LogP contribution in [0.4, 0.5) is 4.79 Å².